The van der Waals surface area contributed by atoms with E-state index in [0.717, 1.165) is 22.3 Å². The van der Waals surface area contributed by atoms with E-state index >= 15 is 0 Å². The van der Waals surface area contributed by atoms with Gasteiger partial charge in [-0.05, 0) is 97.5 Å². The van der Waals surface area contributed by atoms with Gasteiger partial charge in [0.15, 0.2) is 6.61 Å². The molecule has 1 aliphatic heterocycles. The molecule has 0 radical (unpaired) electrons. The standard InChI is InChI=1S/C47H51ClN2O9S2/c1-33(2)41-30-42(36-16-22-39(23-17-36)60(53,54)50(4)31-35-14-9-6-10-15-35)45(28-34-12-7-5-8-13-34)59-47(41)43-29-40(24-25-44(43)58-32-46(51)52)61(55,56)49(3)26-11-27-57-38-20-18-37(48)19-21-38/h5-10,12-25,29,41-42,45,47H,1,11,26-28,30-32H2,2-4H3,(H,51,52)/t41-,42-,45+,47+/m0/s1. The van der Waals surface area contributed by atoms with E-state index in [0.29, 0.717) is 35.6 Å². The van der Waals surface area contributed by atoms with E-state index in [4.69, 9.17) is 25.8 Å². The number of halogens is 1. The van der Waals surface area contributed by atoms with Gasteiger partial charge in [-0.25, -0.2) is 25.9 Å². The predicted molar refractivity (Wildman–Crippen MR) is 236 cm³/mol. The summed E-state index contributed by atoms with van der Waals surface area (Å²) in [5.74, 6) is -0.986. The van der Waals surface area contributed by atoms with E-state index in [1.54, 1.807) is 43.4 Å². The maximum absolute atomic E-state index is 14.1. The molecule has 5 aromatic rings. The average Bonchev–Trinajstić information content (AvgIpc) is 3.25. The van der Waals surface area contributed by atoms with Crippen LogP contribution in [-0.4, -0.2) is 76.5 Å². The Morgan fingerprint density at radius 2 is 1.41 bits per heavy atom. The fraction of sp³-hybridized carbons (Fsp3) is 0.298. The van der Waals surface area contributed by atoms with E-state index in [9.17, 15) is 26.7 Å². The van der Waals surface area contributed by atoms with Crippen LogP contribution in [0.5, 0.6) is 11.5 Å². The van der Waals surface area contributed by atoms with E-state index in [2.05, 4.69) is 6.58 Å². The summed E-state index contributed by atoms with van der Waals surface area (Å²) in [4.78, 5) is 11.9. The molecule has 0 saturated carbocycles. The lowest BCUT2D eigenvalue weighted by Gasteiger charge is -2.43. The molecule has 1 aliphatic rings. The molecule has 0 bridgehead atoms. The van der Waals surface area contributed by atoms with Crippen LogP contribution in [0.3, 0.4) is 0 Å². The molecule has 1 N–H and O–H groups in total. The van der Waals surface area contributed by atoms with Crippen molar-refractivity contribution in [1.82, 2.24) is 8.61 Å². The third-order valence-corrected chi connectivity index (χ3v) is 14.8. The number of carbonyl (C=O) groups is 1. The summed E-state index contributed by atoms with van der Waals surface area (Å²) in [6.45, 7) is 6.22. The summed E-state index contributed by atoms with van der Waals surface area (Å²) in [5.41, 5.74) is 3.90. The van der Waals surface area contributed by atoms with Gasteiger partial charge in [0, 0.05) is 49.6 Å². The van der Waals surface area contributed by atoms with Gasteiger partial charge >= 0.3 is 5.97 Å². The lowest BCUT2D eigenvalue weighted by molar-refractivity contribution is -0.139. The van der Waals surface area contributed by atoms with Gasteiger partial charge in [-0.3, -0.25) is 0 Å². The smallest absolute Gasteiger partial charge is 0.341 e. The van der Waals surface area contributed by atoms with Crippen molar-refractivity contribution in [2.24, 2.45) is 5.92 Å². The molecule has 0 unspecified atom stereocenters. The monoisotopic (exact) mass is 886 g/mol. The normalized spacial score (nSPS) is 18.2. The molecule has 0 amide bonds. The maximum atomic E-state index is 14.1. The third-order valence-electron chi connectivity index (χ3n) is 10.9. The summed E-state index contributed by atoms with van der Waals surface area (Å²) < 4.78 is 76.7. The Kier molecular flexibility index (Phi) is 15.1. The summed E-state index contributed by atoms with van der Waals surface area (Å²) in [7, 11) is -4.78. The number of carboxylic acid groups (broad SMARTS) is 1. The van der Waals surface area contributed by atoms with Crippen molar-refractivity contribution in [3.05, 3.63) is 167 Å². The number of ether oxygens (including phenoxy) is 3. The minimum Gasteiger partial charge on any atom is -0.494 e. The Hall–Kier alpha value is -5.02. The first-order valence-electron chi connectivity index (χ1n) is 19.9. The summed E-state index contributed by atoms with van der Waals surface area (Å²) >= 11 is 5.97. The summed E-state index contributed by atoms with van der Waals surface area (Å²) in [6.07, 6.45) is 0.164. The minimum absolute atomic E-state index is 0.00822. The molecule has 14 heteroatoms. The van der Waals surface area contributed by atoms with Crippen LogP contribution in [0.15, 0.2) is 149 Å². The van der Waals surface area contributed by atoms with E-state index < -0.39 is 44.8 Å². The van der Waals surface area contributed by atoms with Crippen molar-refractivity contribution >= 4 is 37.6 Å². The molecule has 4 atom stereocenters. The van der Waals surface area contributed by atoms with Gasteiger partial charge in [0.1, 0.15) is 11.5 Å². The molecular formula is C47H51ClN2O9S2. The number of hydrogen-bond donors (Lipinski definition) is 1. The molecule has 0 aromatic heterocycles. The number of benzene rings is 5. The summed E-state index contributed by atoms with van der Waals surface area (Å²) in [5, 5.41) is 10.1. The van der Waals surface area contributed by atoms with Crippen molar-refractivity contribution in [3.8, 4) is 11.5 Å². The second kappa shape index (κ2) is 20.2. The zero-order chi connectivity index (χ0) is 43.7. The molecule has 11 nitrogen and oxygen atoms in total. The van der Waals surface area contributed by atoms with Gasteiger partial charge in [-0.15, -0.1) is 0 Å². The minimum atomic E-state index is -4.03. The fourth-order valence-corrected chi connectivity index (χ4v) is 10.1. The Balaban J connectivity index is 1.30. The highest BCUT2D eigenvalue weighted by molar-refractivity contribution is 7.89. The van der Waals surface area contributed by atoms with Crippen LogP contribution in [0.2, 0.25) is 5.02 Å². The lowest BCUT2D eigenvalue weighted by Crippen LogP contribution is -2.38. The first-order chi connectivity index (χ1) is 29.1. The topological polar surface area (TPSA) is 140 Å². The number of sulfonamides is 2. The first kappa shape index (κ1) is 45.5. The van der Waals surface area contributed by atoms with Crippen molar-refractivity contribution in [3.63, 3.8) is 0 Å². The quantitative estimate of drug-likeness (QED) is 0.0637. The molecule has 5 aromatic carbocycles. The van der Waals surface area contributed by atoms with Gasteiger partial charge in [0.2, 0.25) is 20.0 Å². The van der Waals surface area contributed by atoms with Crippen LogP contribution >= 0.6 is 11.6 Å². The fourth-order valence-electron chi connectivity index (χ4n) is 7.54. The lowest BCUT2D eigenvalue weighted by atomic mass is 9.74. The van der Waals surface area contributed by atoms with Gasteiger partial charge in [0.05, 0.1) is 28.6 Å². The molecule has 322 valence electrons. The highest BCUT2D eigenvalue weighted by Gasteiger charge is 2.42. The third kappa shape index (κ3) is 11.5. The highest BCUT2D eigenvalue weighted by Crippen LogP contribution is 2.49. The van der Waals surface area contributed by atoms with E-state index in [1.165, 1.54) is 33.9 Å². The Morgan fingerprint density at radius 1 is 0.803 bits per heavy atom. The van der Waals surface area contributed by atoms with Crippen molar-refractivity contribution in [2.75, 3.05) is 33.9 Å². The number of nitrogens with zero attached hydrogens (tertiary/aromatic N) is 2. The largest absolute Gasteiger partial charge is 0.494 e. The van der Waals surface area contributed by atoms with Gasteiger partial charge in [0.25, 0.3) is 0 Å². The first-order valence-corrected chi connectivity index (χ1v) is 23.2. The molecule has 6 rings (SSSR count). The molecule has 61 heavy (non-hydrogen) atoms. The average molecular weight is 888 g/mol. The van der Waals surface area contributed by atoms with Crippen molar-refractivity contribution < 1.29 is 40.9 Å². The number of rotatable bonds is 19. The zero-order valence-electron chi connectivity index (χ0n) is 34.4. The predicted octanol–water partition coefficient (Wildman–Crippen LogP) is 8.76. The Bertz CT molecular complexity index is 2490. The number of aliphatic carboxylic acids is 1. The van der Waals surface area contributed by atoms with Gasteiger partial charge < -0.3 is 19.3 Å². The van der Waals surface area contributed by atoms with Crippen molar-refractivity contribution in [1.29, 1.82) is 0 Å². The molecule has 1 saturated heterocycles. The molecule has 0 spiro atoms. The van der Waals surface area contributed by atoms with E-state index in [1.807, 2.05) is 79.7 Å². The number of hydrogen-bond acceptors (Lipinski definition) is 8. The van der Waals surface area contributed by atoms with Crippen LogP contribution in [-0.2, 0) is 42.5 Å². The van der Waals surface area contributed by atoms with Gasteiger partial charge in [-0.2, -0.15) is 4.31 Å². The van der Waals surface area contributed by atoms with Crippen LogP contribution in [0.25, 0.3) is 0 Å². The van der Waals surface area contributed by atoms with Crippen LogP contribution < -0.4 is 9.47 Å². The van der Waals surface area contributed by atoms with E-state index in [-0.39, 0.29) is 47.1 Å². The molecule has 0 aliphatic carbocycles. The zero-order valence-corrected chi connectivity index (χ0v) is 36.8. The second-order valence-corrected chi connectivity index (χ2v) is 19.8. The molecule has 1 fully saturated rings. The van der Waals surface area contributed by atoms with Crippen LogP contribution in [0.1, 0.15) is 54.0 Å². The number of carboxylic acids is 1. The summed E-state index contributed by atoms with van der Waals surface area (Å²) in [6, 6.07) is 37.4. The highest BCUT2D eigenvalue weighted by atomic mass is 35.5. The van der Waals surface area contributed by atoms with Gasteiger partial charge in [-0.1, -0.05) is 96.5 Å². The SMILES string of the molecule is C=C(C)[C@@H]1C[C@@H](c2ccc(S(=O)(=O)N(C)Cc3ccccc3)cc2)[C@@H](Cc2ccccc2)O[C@H]1c1cc(S(=O)(=O)N(C)CCCOc2ccc(Cl)cc2)ccc1OCC(=O)O. The molecular weight excluding hydrogens is 836 g/mol. The molecule has 1 heterocycles. The van der Waals surface area contributed by atoms with Crippen LogP contribution in [0.4, 0.5) is 0 Å². The van der Waals surface area contributed by atoms with Crippen molar-refractivity contribution in [2.45, 2.75) is 60.6 Å². The second-order valence-electron chi connectivity index (χ2n) is 15.3. The maximum Gasteiger partial charge on any atom is 0.341 e. The Labute approximate surface area is 364 Å². The van der Waals surface area contributed by atoms with Crippen LogP contribution in [0, 0.1) is 5.92 Å². The Morgan fingerprint density at radius 3 is 2.03 bits per heavy atom.